The quantitative estimate of drug-likeness (QED) is 0.542. The summed E-state index contributed by atoms with van der Waals surface area (Å²) < 4.78 is 0. The molecule has 0 unspecified atom stereocenters. The minimum atomic E-state index is 0. The van der Waals surface area contributed by atoms with E-state index in [0.717, 1.165) is 56.3 Å². The van der Waals surface area contributed by atoms with Crippen molar-refractivity contribution in [3.05, 3.63) is 0 Å². The van der Waals surface area contributed by atoms with Gasteiger partial charge in [-0.25, -0.2) is 0 Å². The van der Waals surface area contributed by atoms with Gasteiger partial charge in [0.2, 0.25) is 0 Å². The molecule has 0 atom stereocenters. The summed E-state index contributed by atoms with van der Waals surface area (Å²) >= 11 is 0. The third-order valence-electron chi connectivity index (χ3n) is 2.82. The van der Waals surface area contributed by atoms with Gasteiger partial charge in [-0.2, -0.15) is 0 Å². The van der Waals surface area contributed by atoms with Crippen LogP contribution in [0.5, 0.6) is 0 Å². The average Bonchev–Trinajstić information content (AvgIpc) is 2.41. The van der Waals surface area contributed by atoms with Gasteiger partial charge in [-0.1, -0.05) is 41.5 Å². The summed E-state index contributed by atoms with van der Waals surface area (Å²) in [5.74, 6) is 2.23. The molecule has 23 heavy (non-hydrogen) atoms. The van der Waals surface area contributed by atoms with Gasteiger partial charge in [-0.05, 0) is 56.3 Å². The molecule has 4 nitrogen and oxygen atoms in total. The number of aliphatic hydroxyl groups excluding tert-OH is 3. The van der Waals surface area contributed by atoms with E-state index in [1.54, 1.807) is 0 Å². The Kier molecular flexibility index (Phi) is 46.1. The van der Waals surface area contributed by atoms with E-state index < -0.39 is 0 Å². The van der Waals surface area contributed by atoms with Gasteiger partial charge in [0.25, 0.3) is 0 Å². The summed E-state index contributed by atoms with van der Waals surface area (Å²) in [6.45, 7) is 14.0. The molecule has 0 aromatic heterocycles. The molecule has 0 fully saturated rings. The predicted octanol–water partition coefficient (Wildman–Crippen LogP) is 3.42. The molecule has 0 bridgehead atoms. The Balaban J connectivity index is -0.0000000675. The van der Waals surface area contributed by atoms with E-state index in [1.807, 2.05) is 0 Å². The van der Waals surface area contributed by atoms with Crippen LogP contribution in [0.4, 0.5) is 0 Å². The smallest absolute Gasteiger partial charge is 0.0431 e. The number of aliphatic hydroxyl groups is 3. The third kappa shape index (κ3) is 60.5. The number of rotatable bonds is 9. The topological polar surface area (TPSA) is 92.2 Å². The average molecular weight is 372 g/mol. The Labute approximate surface area is 160 Å². The first-order chi connectivity index (χ1) is 9.81. The van der Waals surface area contributed by atoms with Crippen molar-refractivity contribution in [3.63, 3.8) is 0 Å². The van der Waals surface area contributed by atoms with E-state index in [4.69, 9.17) is 15.3 Å². The van der Waals surface area contributed by atoms with Crippen molar-refractivity contribution in [2.45, 2.75) is 80.1 Å². The first-order valence-electron chi connectivity index (χ1n) is 8.64. The molecule has 0 aliphatic heterocycles. The predicted molar refractivity (Wildman–Crippen MR) is 97.1 cm³/mol. The molecule has 0 aliphatic carbocycles. The summed E-state index contributed by atoms with van der Waals surface area (Å²) in [4.78, 5) is 0. The zero-order chi connectivity index (χ0) is 17.1. The minimum Gasteiger partial charge on any atom is -0.412 e. The van der Waals surface area contributed by atoms with E-state index >= 15 is 0 Å². The molecule has 0 saturated carbocycles. The van der Waals surface area contributed by atoms with Gasteiger partial charge < -0.3 is 20.8 Å². The Bertz CT molecular complexity index is 137. The van der Waals surface area contributed by atoms with Crippen molar-refractivity contribution >= 4 is 0 Å². The van der Waals surface area contributed by atoms with E-state index in [0.29, 0.717) is 19.8 Å². The Hall–Kier alpha value is 0.554. The van der Waals surface area contributed by atoms with Crippen LogP contribution in [0.3, 0.4) is 0 Å². The van der Waals surface area contributed by atoms with E-state index in [1.165, 1.54) is 0 Å². The number of hydrogen-bond acceptors (Lipinski definition) is 3. The van der Waals surface area contributed by atoms with E-state index in [-0.39, 0.29) is 27.2 Å². The van der Waals surface area contributed by atoms with Gasteiger partial charge in [0.15, 0.2) is 0 Å². The van der Waals surface area contributed by atoms with Crippen molar-refractivity contribution in [3.8, 4) is 0 Å². The van der Waals surface area contributed by atoms with Crippen LogP contribution in [-0.2, 0) is 21.7 Å². The van der Waals surface area contributed by atoms with Gasteiger partial charge in [0.1, 0.15) is 0 Å². The third-order valence-corrected chi connectivity index (χ3v) is 2.82. The standard InChI is InChI=1S/3C6H14O.H2O.Ti/c3*1-6(2)4-3-5-7;;/h3*6-7H,3-5H2,1-2H3;1H2;. The van der Waals surface area contributed by atoms with Crippen molar-refractivity contribution < 1.29 is 42.5 Å². The largest absolute Gasteiger partial charge is 0.412 e. The minimum absolute atomic E-state index is 0. The van der Waals surface area contributed by atoms with Crippen molar-refractivity contribution in [2.24, 2.45) is 17.8 Å². The monoisotopic (exact) mass is 372 g/mol. The summed E-state index contributed by atoms with van der Waals surface area (Å²) in [6.07, 6.45) is 6.32. The van der Waals surface area contributed by atoms with Crippen LogP contribution in [0.25, 0.3) is 0 Å². The van der Waals surface area contributed by atoms with Crippen LogP contribution in [0.15, 0.2) is 0 Å². The molecule has 0 aromatic carbocycles. The molecule has 5 N–H and O–H groups in total. The maximum absolute atomic E-state index is 8.32. The Morgan fingerprint density at radius 3 is 0.739 bits per heavy atom. The maximum atomic E-state index is 8.32. The van der Waals surface area contributed by atoms with Gasteiger partial charge in [-0.3, -0.25) is 0 Å². The molecule has 0 heterocycles. The van der Waals surface area contributed by atoms with Gasteiger partial charge in [0.05, 0.1) is 0 Å². The Morgan fingerprint density at radius 2 is 0.696 bits per heavy atom. The van der Waals surface area contributed by atoms with Crippen LogP contribution in [0.2, 0.25) is 0 Å². The zero-order valence-electron chi connectivity index (χ0n) is 16.4. The SMILES string of the molecule is CC(C)CCCO.CC(C)CCCO.CC(C)CCCO.O.[Ti]. The molecular weight excluding hydrogens is 328 g/mol. The van der Waals surface area contributed by atoms with Crippen LogP contribution < -0.4 is 0 Å². The molecule has 0 saturated heterocycles. The van der Waals surface area contributed by atoms with Crippen molar-refractivity contribution in [1.29, 1.82) is 0 Å². The molecule has 0 radical (unpaired) electrons. The van der Waals surface area contributed by atoms with Gasteiger partial charge >= 0.3 is 0 Å². The fraction of sp³-hybridized carbons (Fsp3) is 1.00. The second kappa shape index (κ2) is 30.4. The molecule has 0 amide bonds. The molecule has 0 rings (SSSR count). The molecule has 0 spiro atoms. The Morgan fingerprint density at radius 1 is 0.522 bits per heavy atom. The molecule has 0 aromatic rings. The summed E-state index contributed by atoms with van der Waals surface area (Å²) in [6, 6.07) is 0. The fourth-order valence-electron chi connectivity index (χ4n) is 1.50. The summed E-state index contributed by atoms with van der Waals surface area (Å²) in [7, 11) is 0. The van der Waals surface area contributed by atoms with Crippen molar-refractivity contribution in [1.82, 2.24) is 0 Å². The second-order valence-electron chi connectivity index (χ2n) is 6.78. The first-order valence-corrected chi connectivity index (χ1v) is 8.64. The molecule has 0 aliphatic rings. The van der Waals surface area contributed by atoms with Crippen LogP contribution in [-0.4, -0.2) is 40.6 Å². The van der Waals surface area contributed by atoms with Gasteiger partial charge in [0, 0.05) is 41.5 Å². The zero-order valence-corrected chi connectivity index (χ0v) is 18.0. The van der Waals surface area contributed by atoms with E-state index in [2.05, 4.69) is 41.5 Å². The van der Waals surface area contributed by atoms with Crippen LogP contribution >= 0.6 is 0 Å². The number of hydrogen-bond donors (Lipinski definition) is 3. The van der Waals surface area contributed by atoms with Crippen molar-refractivity contribution in [2.75, 3.05) is 19.8 Å². The molecule has 144 valence electrons. The normalized spacial score (nSPS) is 9.39. The second-order valence-corrected chi connectivity index (χ2v) is 6.78. The molecular formula is C18H44O4Ti. The maximum Gasteiger partial charge on any atom is 0.0431 e. The summed E-state index contributed by atoms with van der Waals surface area (Å²) in [5.41, 5.74) is 0. The fourth-order valence-corrected chi connectivity index (χ4v) is 1.50. The van der Waals surface area contributed by atoms with E-state index in [9.17, 15) is 0 Å². The molecule has 5 heteroatoms. The summed E-state index contributed by atoms with van der Waals surface area (Å²) in [5, 5.41) is 24.9. The van der Waals surface area contributed by atoms with Gasteiger partial charge in [-0.15, -0.1) is 0 Å². The van der Waals surface area contributed by atoms with Crippen LogP contribution in [0, 0.1) is 17.8 Å². The van der Waals surface area contributed by atoms with Crippen LogP contribution in [0.1, 0.15) is 80.1 Å². The first kappa shape index (κ1) is 34.8.